The Balaban J connectivity index is 2.12. The second kappa shape index (κ2) is 4.66. The summed E-state index contributed by atoms with van der Waals surface area (Å²) in [7, 11) is 1.88. The van der Waals surface area contributed by atoms with Gasteiger partial charge in [0.25, 0.3) is 5.91 Å². The molecule has 1 aromatic rings. The second-order valence-corrected chi connectivity index (χ2v) is 4.39. The molecular weight excluding hydrogens is 200 g/mol. The lowest BCUT2D eigenvalue weighted by Crippen LogP contribution is -2.28. The Morgan fingerprint density at radius 1 is 1.50 bits per heavy atom. The van der Waals surface area contributed by atoms with E-state index in [1.54, 1.807) is 0 Å². The molecule has 16 heavy (non-hydrogen) atoms. The summed E-state index contributed by atoms with van der Waals surface area (Å²) >= 11 is 0. The van der Waals surface area contributed by atoms with Gasteiger partial charge in [-0.1, -0.05) is 12.1 Å². The van der Waals surface area contributed by atoms with Crippen LogP contribution in [0.1, 0.15) is 28.8 Å². The van der Waals surface area contributed by atoms with Gasteiger partial charge in [-0.05, 0) is 43.5 Å². The fourth-order valence-electron chi connectivity index (χ4n) is 1.86. The first-order valence-electron chi connectivity index (χ1n) is 5.78. The minimum Gasteiger partial charge on any atom is -0.339 e. The Bertz CT molecular complexity index is 385. The van der Waals surface area contributed by atoms with Gasteiger partial charge in [0.05, 0.1) is 0 Å². The molecule has 0 atom stereocenters. The Morgan fingerprint density at radius 2 is 2.25 bits per heavy atom. The van der Waals surface area contributed by atoms with E-state index >= 15 is 0 Å². The van der Waals surface area contributed by atoms with Crippen molar-refractivity contribution in [1.29, 1.82) is 0 Å². The van der Waals surface area contributed by atoms with Crippen LogP contribution in [0.25, 0.3) is 0 Å². The van der Waals surface area contributed by atoms with Crippen LogP contribution < -0.4 is 5.73 Å². The minimum absolute atomic E-state index is 0.126. The van der Waals surface area contributed by atoms with Crippen molar-refractivity contribution < 1.29 is 4.79 Å². The van der Waals surface area contributed by atoms with Crippen LogP contribution in [0.5, 0.6) is 0 Å². The smallest absolute Gasteiger partial charge is 0.253 e. The van der Waals surface area contributed by atoms with Crippen molar-refractivity contribution in [2.45, 2.75) is 25.3 Å². The molecule has 3 nitrogen and oxygen atoms in total. The average Bonchev–Trinajstić information content (AvgIpc) is 3.12. The Hall–Kier alpha value is -1.35. The zero-order valence-corrected chi connectivity index (χ0v) is 9.65. The van der Waals surface area contributed by atoms with E-state index in [9.17, 15) is 4.79 Å². The number of amides is 1. The highest BCUT2D eigenvalue weighted by molar-refractivity contribution is 5.94. The van der Waals surface area contributed by atoms with Crippen molar-refractivity contribution in [1.82, 2.24) is 4.90 Å². The van der Waals surface area contributed by atoms with Crippen molar-refractivity contribution in [3.8, 4) is 0 Å². The third kappa shape index (κ3) is 2.42. The molecular formula is C13H18N2O. The van der Waals surface area contributed by atoms with Gasteiger partial charge in [-0.3, -0.25) is 4.79 Å². The van der Waals surface area contributed by atoms with Gasteiger partial charge in [0.1, 0.15) is 0 Å². The molecule has 1 aromatic carbocycles. The average molecular weight is 218 g/mol. The lowest BCUT2D eigenvalue weighted by Gasteiger charge is -2.16. The number of benzene rings is 1. The van der Waals surface area contributed by atoms with Crippen LogP contribution in [0.15, 0.2) is 24.3 Å². The number of rotatable bonds is 4. The summed E-state index contributed by atoms with van der Waals surface area (Å²) in [4.78, 5) is 13.9. The van der Waals surface area contributed by atoms with E-state index in [2.05, 4.69) is 0 Å². The molecule has 1 amide bonds. The monoisotopic (exact) mass is 218 g/mol. The van der Waals surface area contributed by atoms with Crippen LogP contribution >= 0.6 is 0 Å². The molecule has 0 heterocycles. The fraction of sp³-hybridized carbons (Fsp3) is 0.462. The molecule has 0 aliphatic heterocycles. The van der Waals surface area contributed by atoms with Crippen LogP contribution in [0, 0.1) is 0 Å². The van der Waals surface area contributed by atoms with E-state index in [0.29, 0.717) is 12.6 Å². The van der Waals surface area contributed by atoms with Gasteiger partial charge in [0.15, 0.2) is 0 Å². The SMILES string of the molecule is CN(C(=O)c1cccc(CCN)c1)C1CC1. The molecule has 86 valence electrons. The summed E-state index contributed by atoms with van der Waals surface area (Å²) < 4.78 is 0. The normalized spacial score (nSPS) is 14.9. The highest BCUT2D eigenvalue weighted by Gasteiger charge is 2.29. The Kier molecular flexibility index (Phi) is 3.25. The number of nitrogens with zero attached hydrogens (tertiary/aromatic N) is 1. The third-order valence-corrected chi connectivity index (χ3v) is 3.02. The number of carbonyl (C=O) groups is 1. The van der Waals surface area contributed by atoms with E-state index in [-0.39, 0.29) is 5.91 Å². The summed E-state index contributed by atoms with van der Waals surface area (Å²) in [6.45, 7) is 0.621. The predicted molar refractivity (Wildman–Crippen MR) is 64.3 cm³/mol. The van der Waals surface area contributed by atoms with Crippen LogP contribution in [-0.2, 0) is 6.42 Å². The molecule has 0 unspecified atom stereocenters. The first kappa shape index (κ1) is 11.1. The van der Waals surface area contributed by atoms with E-state index < -0.39 is 0 Å². The van der Waals surface area contributed by atoms with Crippen molar-refractivity contribution in [2.24, 2.45) is 5.73 Å². The Morgan fingerprint density at radius 3 is 2.88 bits per heavy atom. The van der Waals surface area contributed by atoms with Crippen LogP contribution in [0.2, 0.25) is 0 Å². The summed E-state index contributed by atoms with van der Waals surface area (Å²) in [5.74, 6) is 0.126. The van der Waals surface area contributed by atoms with E-state index in [1.807, 2.05) is 36.2 Å². The van der Waals surface area contributed by atoms with E-state index in [0.717, 1.165) is 30.4 Å². The zero-order valence-electron chi connectivity index (χ0n) is 9.65. The van der Waals surface area contributed by atoms with Crippen molar-refractivity contribution in [3.05, 3.63) is 35.4 Å². The molecule has 0 aromatic heterocycles. The quantitative estimate of drug-likeness (QED) is 0.830. The van der Waals surface area contributed by atoms with Gasteiger partial charge >= 0.3 is 0 Å². The number of hydrogen-bond acceptors (Lipinski definition) is 2. The van der Waals surface area contributed by atoms with Crippen LogP contribution in [0.4, 0.5) is 0 Å². The van der Waals surface area contributed by atoms with Crippen LogP contribution in [-0.4, -0.2) is 30.4 Å². The Labute approximate surface area is 96.2 Å². The zero-order chi connectivity index (χ0) is 11.5. The van der Waals surface area contributed by atoms with E-state index in [1.165, 1.54) is 0 Å². The largest absolute Gasteiger partial charge is 0.339 e. The topological polar surface area (TPSA) is 46.3 Å². The first-order valence-corrected chi connectivity index (χ1v) is 5.78. The highest BCUT2D eigenvalue weighted by Crippen LogP contribution is 2.26. The lowest BCUT2D eigenvalue weighted by molar-refractivity contribution is 0.0785. The van der Waals surface area contributed by atoms with Crippen molar-refractivity contribution >= 4 is 5.91 Å². The van der Waals surface area contributed by atoms with Gasteiger partial charge in [-0.25, -0.2) is 0 Å². The molecule has 2 rings (SSSR count). The van der Waals surface area contributed by atoms with Gasteiger partial charge in [0.2, 0.25) is 0 Å². The van der Waals surface area contributed by atoms with Gasteiger partial charge in [-0.2, -0.15) is 0 Å². The first-order chi connectivity index (χ1) is 7.72. The highest BCUT2D eigenvalue weighted by atomic mass is 16.2. The third-order valence-electron chi connectivity index (χ3n) is 3.02. The fourth-order valence-corrected chi connectivity index (χ4v) is 1.86. The maximum Gasteiger partial charge on any atom is 0.253 e. The number of carbonyl (C=O) groups excluding carboxylic acids is 1. The molecule has 0 spiro atoms. The van der Waals surface area contributed by atoms with E-state index in [4.69, 9.17) is 5.73 Å². The van der Waals surface area contributed by atoms with Crippen molar-refractivity contribution in [3.63, 3.8) is 0 Å². The molecule has 1 aliphatic rings. The summed E-state index contributed by atoms with van der Waals surface area (Å²) in [6, 6.07) is 8.24. The standard InChI is InChI=1S/C13H18N2O/c1-15(12-5-6-12)13(16)11-4-2-3-10(9-11)7-8-14/h2-4,9,12H,5-8,14H2,1H3. The lowest BCUT2D eigenvalue weighted by atomic mass is 10.1. The summed E-state index contributed by atoms with van der Waals surface area (Å²) in [6.07, 6.45) is 3.11. The predicted octanol–water partition coefficient (Wildman–Crippen LogP) is 1.42. The molecule has 1 saturated carbocycles. The minimum atomic E-state index is 0.126. The molecule has 3 heteroatoms. The molecule has 0 radical (unpaired) electrons. The van der Waals surface area contributed by atoms with Gasteiger partial charge in [-0.15, -0.1) is 0 Å². The second-order valence-electron chi connectivity index (χ2n) is 4.39. The molecule has 0 bridgehead atoms. The summed E-state index contributed by atoms with van der Waals surface area (Å²) in [5.41, 5.74) is 7.42. The van der Waals surface area contributed by atoms with Crippen molar-refractivity contribution in [2.75, 3.05) is 13.6 Å². The molecule has 1 fully saturated rings. The molecule has 2 N–H and O–H groups in total. The van der Waals surface area contributed by atoms with Gasteiger partial charge < -0.3 is 10.6 Å². The molecule has 0 saturated heterocycles. The maximum atomic E-state index is 12.1. The number of hydrogen-bond donors (Lipinski definition) is 1. The molecule has 1 aliphatic carbocycles. The van der Waals surface area contributed by atoms with Gasteiger partial charge in [0, 0.05) is 18.7 Å². The summed E-state index contributed by atoms with van der Waals surface area (Å²) in [5, 5.41) is 0. The maximum absolute atomic E-state index is 12.1. The number of nitrogens with two attached hydrogens (primary N) is 1. The van der Waals surface area contributed by atoms with Crippen LogP contribution in [0.3, 0.4) is 0 Å².